The first-order chi connectivity index (χ1) is 20.7. The maximum Gasteiger partial charge on any atom is 0.353 e. The molecule has 1 aromatic rings. The molecule has 0 saturated carbocycles. The molecule has 5 N–H and O–H groups in total. The van der Waals surface area contributed by atoms with Crippen LogP contribution in [0.25, 0.3) is 0 Å². The molecule has 4 saturated heterocycles. The van der Waals surface area contributed by atoms with Crippen molar-refractivity contribution in [2.75, 3.05) is 39.3 Å². The summed E-state index contributed by atoms with van der Waals surface area (Å²) in [4.78, 5) is 58.3. The molecule has 0 bridgehead atoms. The van der Waals surface area contributed by atoms with E-state index in [0.29, 0.717) is 30.3 Å². The Labute approximate surface area is 253 Å². The van der Waals surface area contributed by atoms with E-state index >= 15 is 0 Å². The second-order valence-electron chi connectivity index (χ2n) is 12.4. The number of carboxylic acids is 1. The fraction of sp³-hybridized carbons (Fsp3) is 0.741. The van der Waals surface area contributed by atoms with E-state index in [-0.39, 0.29) is 59.3 Å². The van der Waals surface area contributed by atoms with Gasteiger partial charge in [-0.05, 0) is 42.5 Å². The fourth-order valence-corrected chi connectivity index (χ4v) is 9.24. The third-order valence-corrected chi connectivity index (χ3v) is 11.3. The van der Waals surface area contributed by atoms with Gasteiger partial charge in [0, 0.05) is 67.4 Å². The van der Waals surface area contributed by atoms with E-state index in [9.17, 15) is 24.3 Å². The Hall–Kier alpha value is -3.08. The van der Waals surface area contributed by atoms with Crippen LogP contribution < -0.4 is 16.4 Å². The highest BCUT2D eigenvalue weighted by atomic mass is 32.2. The molecule has 4 fully saturated rings. The van der Waals surface area contributed by atoms with Gasteiger partial charge in [0.15, 0.2) is 0 Å². The monoisotopic (exact) mass is 616 g/mol. The summed E-state index contributed by atoms with van der Waals surface area (Å²) in [5, 5.41) is 27.1. The zero-order valence-corrected chi connectivity index (χ0v) is 25.3. The fourth-order valence-electron chi connectivity index (χ4n) is 7.77. The standard InChI is InChI=1S/C27H40N10O5S/c1-14-22-21(15(2)31-20(38)12-35-13-30-32-33-35)26(40)37(22)23(27(41)42)24(14)43-17-9-18(29-10-17)25(39)36-7-3-16-11-34(8-5-28)6-4-19(16)36/h13-19,21-22,29H,3-12,28H2,1-2H3,(H,31,38)(H,41,42)/t14-,15-,16?,17?,18+,19?,21-,22-/m1/s1. The van der Waals surface area contributed by atoms with Crippen LogP contribution in [0.2, 0.25) is 0 Å². The summed E-state index contributed by atoms with van der Waals surface area (Å²) in [6, 6.07) is -0.886. The third kappa shape index (κ3) is 5.53. The van der Waals surface area contributed by atoms with Gasteiger partial charge in [-0.3, -0.25) is 14.4 Å². The predicted octanol–water partition coefficient (Wildman–Crippen LogP) is -1.70. The van der Waals surface area contributed by atoms with Gasteiger partial charge in [0.1, 0.15) is 18.6 Å². The molecule has 6 heterocycles. The lowest BCUT2D eigenvalue weighted by atomic mass is 9.78. The van der Waals surface area contributed by atoms with Crippen LogP contribution in [0.4, 0.5) is 0 Å². The Kier molecular flexibility index (Phi) is 8.45. The van der Waals surface area contributed by atoms with Crippen molar-refractivity contribution in [3.63, 3.8) is 0 Å². The van der Waals surface area contributed by atoms with E-state index in [4.69, 9.17) is 5.73 Å². The number of amides is 3. The van der Waals surface area contributed by atoms with Crippen LogP contribution in [0.5, 0.6) is 0 Å². The van der Waals surface area contributed by atoms with E-state index in [2.05, 4.69) is 36.0 Å². The number of thioether (sulfide) groups is 1. The van der Waals surface area contributed by atoms with Gasteiger partial charge in [-0.2, -0.15) is 0 Å². The number of nitrogens with two attached hydrogens (primary N) is 1. The number of hydrogen-bond acceptors (Lipinski definition) is 11. The lowest BCUT2D eigenvalue weighted by Gasteiger charge is -2.47. The van der Waals surface area contributed by atoms with Gasteiger partial charge in [-0.25, -0.2) is 9.48 Å². The Morgan fingerprint density at radius 3 is 2.81 bits per heavy atom. The molecule has 6 rings (SSSR count). The number of aromatic nitrogens is 4. The van der Waals surface area contributed by atoms with Gasteiger partial charge < -0.3 is 36.2 Å². The molecule has 234 valence electrons. The molecule has 0 spiro atoms. The van der Waals surface area contributed by atoms with Crippen molar-refractivity contribution in [3.8, 4) is 0 Å². The van der Waals surface area contributed by atoms with Crippen LogP contribution in [-0.2, 0) is 25.7 Å². The van der Waals surface area contributed by atoms with E-state index in [1.54, 1.807) is 6.92 Å². The molecule has 0 aliphatic carbocycles. The number of aliphatic carboxylic acids is 1. The smallest absolute Gasteiger partial charge is 0.353 e. The highest BCUT2D eigenvalue weighted by molar-refractivity contribution is 8.03. The summed E-state index contributed by atoms with van der Waals surface area (Å²) in [5.41, 5.74) is 5.78. The largest absolute Gasteiger partial charge is 0.477 e. The minimum atomic E-state index is -1.14. The first-order valence-corrected chi connectivity index (χ1v) is 16.0. The Morgan fingerprint density at radius 1 is 1.28 bits per heavy atom. The minimum absolute atomic E-state index is 0.00576. The Bertz CT molecular complexity index is 1290. The molecule has 5 aliphatic rings. The summed E-state index contributed by atoms with van der Waals surface area (Å²) in [5.74, 6) is -1.92. The molecule has 1 aromatic heterocycles. The molecule has 0 aromatic carbocycles. The average Bonchev–Trinajstić information content (AvgIpc) is 3.76. The van der Waals surface area contributed by atoms with Gasteiger partial charge >= 0.3 is 5.97 Å². The van der Waals surface area contributed by atoms with Crippen molar-refractivity contribution in [2.24, 2.45) is 23.5 Å². The second-order valence-corrected chi connectivity index (χ2v) is 13.7. The summed E-state index contributed by atoms with van der Waals surface area (Å²) in [7, 11) is 0. The summed E-state index contributed by atoms with van der Waals surface area (Å²) < 4.78 is 1.29. The van der Waals surface area contributed by atoms with E-state index < -0.39 is 17.9 Å². The number of piperidine rings is 1. The molecular weight excluding hydrogens is 576 g/mol. The van der Waals surface area contributed by atoms with Gasteiger partial charge in [0.25, 0.3) is 0 Å². The molecule has 3 unspecified atom stereocenters. The maximum atomic E-state index is 13.6. The second kappa shape index (κ2) is 12.1. The number of β-lactam (4-membered cyclic amide) rings is 1. The number of nitrogens with zero attached hydrogens (tertiary/aromatic N) is 7. The highest BCUT2D eigenvalue weighted by Crippen LogP contribution is 2.52. The SMILES string of the molecule is C[C@@H](NC(=O)Cn1cnnn1)[C@H]1C(=O)N2C(C(=O)O)=C(SC3CN[C@H](C(=O)N4CCC5CN(CCN)CCC54)C3)[C@H](C)[C@H]12. The zero-order valence-electron chi connectivity index (χ0n) is 24.5. The minimum Gasteiger partial charge on any atom is -0.477 e. The molecule has 0 radical (unpaired) electrons. The van der Waals surface area contributed by atoms with Crippen molar-refractivity contribution >= 4 is 35.5 Å². The first-order valence-electron chi connectivity index (χ1n) is 15.1. The van der Waals surface area contributed by atoms with Crippen molar-refractivity contribution < 1.29 is 24.3 Å². The maximum absolute atomic E-state index is 13.6. The molecule has 43 heavy (non-hydrogen) atoms. The molecule has 16 heteroatoms. The van der Waals surface area contributed by atoms with Crippen molar-refractivity contribution in [1.82, 2.24) is 45.5 Å². The Balaban J connectivity index is 1.07. The first kappa shape index (κ1) is 30.0. The number of carboxylic acid groups (broad SMARTS) is 1. The number of tetrazole rings is 1. The van der Waals surface area contributed by atoms with Gasteiger partial charge in [-0.1, -0.05) is 6.92 Å². The summed E-state index contributed by atoms with van der Waals surface area (Å²) >= 11 is 1.47. The van der Waals surface area contributed by atoms with Gasteiger partial charge in [0.2, 0.25) is 17.7 Å². The lowest BCUT2D eigenvalue weighted by Crippen LogP contribution is -2.66. The van der Waals surface area contributed by atoms with Crippen LogP contribution in [0.1, 0.15) is 33.1 Å². The number of likely N-dealkylation sites (tertiary alicyclic amines) is 2. The average molecular weight is 617 g/mol. The molecular formula is C27H40N10O5S. The Morgan fingerprint density at radius 2 is 2.09 bits per heavy atom. The number of carbonyl (C=O) groups is 4. The van der Waals surface area contributed by atoms with E-state index in [1.165, 1.54) is 27.7 Å². The highest BCUT2D eigenvalue weighted by Gasteiger charge is 2.60. The molecule has 5 aliphatic heterocycles. The van der Waals surface area contributed by atoms with E-state index in [1.807, 2.05) is 6.92 Å². The van der Waals surface area contributed by atoms with Crippen LogP contribution >= 0.6 is 11.8 Å². The quantitative estimate of drug-likeness (QED) is 0.218. The number of carbonyl (C=O) groups excluding carboxylic acids is 3. The predicted molar refractivity (Wildman–Crippen MR) is 155 cm³/mol. The summed E-state index contributed by atoms with van der Waals surface area (Å²) in [6.07, 6.45) is 3.91. The lowest BCUT2D eigenvalue weighted by molar-refractivity contribution is -0.158. The van der Waals surface area contributed by atoms with Crippen LogP contribution in [-0.4, -0.2) is 132 Å². The summed E-state index contributed by atoms with van der Waals surface area (Å²) in [6.45, 7) is 8.48. The molecule has 3 amide bonds. The zero-order chi connectivity index (χ0) is 30.4. The topological polar surface area (TPSA) is 192 Å². The van der Waals surface area contributed by atoms with Crippen molar-refractivity contribution in [3.05, 3.63) is 16.9 Å². The molecule has 8 atom stereocenters. The normalized spacial score (nSPS) is 32.9. The van der Waals surface area contributed by atoms with Crippen molar-refractivity contribution in [1.29, 1.82) is 0 Å². The molecule has 15 nitrogen and oxygen atoms in total. The van der Waals surface area contributed by atoms with Crippen molar-refractivity contribution in [2.45, 2.75) is 69.1 Å². The third-order valence-electron chi connectivity index (χ3n) is 9.75. The van der Waals surface area contributed by atoms with Gasteiger partial charge in [0.05, 0.1) is 18.0 Å². The number of nitrogens with one attached hydrogen (secondary N) is 2. The van der Waals surface area contributed by atoms with Crippen LogP contribution in [0.15, 0.2) is 16.9 Å². The van der Waals surface area contributed by atoms with Crippen LogP contribution in [0.3, 0.4) is 0 Å². The van der Waals surface area contributed by atoms with E-state index in [0.717, 1.165) is 39.0 Å². The number of hydrogen-bond donors (Lipinski definition) is 4. The number of rotatable bonds is 10. The number of fused-ring (bicyclic) bond motifs is 2. The van der Waals surface area contributed by atoms with Gasteiger partial charge in [-0.15, -0.1) is 16.9 Å². The van der Waals surface area contributed by atoms with Crippen LogP contribution in [0, 0.1) is 17.8 Å².